The third-order valence-electron chi connectivity index (χ3n) is 1.43. The van der Waals surface area contributed by atoms with Gasteiger partial charge in [0, 0.05) is 0 Å². The summed E-state index contributed by atoms with van der Waals surface area (Å²) in [4.78, 5) is 0.321. The minimum absolute atomic E-state index is 0.321. The molecule has 0 heterocycles. The molecule has 0 aromatic heterocycles. The Labute approximate surface area is 78.9 Å². The molecule has 0 bridgehead atoms. The van der Waals surface area contributed by atoms with E-state index < -0.39 is 11.0 Å². The monoisotopic (exact) mass is 270 g/mol. The molecule has 0 N–H and O–H groups in total. The zero-order chi connectivity index (χ0) is 8.36. The second kappa shape index (κ2) is 4.42. The Kier molecular flexibility index (Phi) is 5.04. The van der Waals surface area contributed by atoms with Gasteiger partial charge in [0.05, 0.1) is 0 Å². The fraction of sp³-hybridized carbons (Fsp3) is 1.00. The predicted octanol–water partition coefficient (Wildman–Crippen LogP) is 3.80. The first kappa shape index (κ1) is 11.4. The van der Waals surface area contributed by atoms with Gasteiger partial charge >= 0.3 is 79.1 Å². The fourth-order valence-electron chi connectivity index (χ4n) is 0.767. The van der Waals surface area contributed by atoms with E-state index in [0.29, 0.717) is 16.6 Å². The second-order valence-electron chi connectivity index (χ2n) is 2.72. The molecule has 0 aromatic carbocycles. The summed E-state index contributed by atoms with van der Waals surface area (Å²) in [7, 11) is 12.1. The van der Waals surface area contributed by atoms with Gasteiger partial charge in [-0.05, 0) is 0 Å². The van der Waals surface area contributed by atoms with E-state index in [0.717, 1.165) is 0 Å². The van der Waals surface area contributed by atoms with E-state index in [4.69, 9.17) is 31.8 Å². The third-order valence-corrected chi connectivity index (χ3v) is 8.28. The van der Waals surface area contributed by atoms with Gasteiger partial charge in [0.15, 0.2) is 0 Å². The molecular formula is C6H13Cl3Se. The minimum atomic E-state index is -2.20. The van der Waals surface area contributed by atoms with Crippen LogP contribution in [0.4, 0.5) is 0 Å². The molecule has 0 aromatic rings. The van der Waals surface area contributed by atoms with Gasteiger partial charge in [-0.2, -0.15) is 0 Å². The summed E-state index contributed by atoms with van der Waals surface area (Å²) in [5, 5.41) is 0. The van der Waals surface area contributed by atoms with Crippen molar-refractivity contribution in [2.24, 2.45) is 5.92 Å². The molecule has 0 fully saturated rings. The molecule has 64 valence electrons. The number of hydrogen-bond donors (Lipinski definition) is 0. The van der Waals surface area contributed by atoms with Gasteiger partial charge < -0.3 is 0 Å². The van der Waals surface area contributed by atoms with Crippen LogP contribution < -0.4 is 0 Å². The van der Waals surface area contributed by atoms with Gasteiger partial charge in [-0.1, -0.05) is 0 Å². The van der Waals surface area contributed by atoms with Crippen molar-refractivity contribution in [2.75, 3.05) is 5.88 Å². The first-order chi connectivity index (χ1) is 4.39. The average Bonchev–Trinajstić information content (AvgIpc) is 1.60. The van der Waals surface area contributed by atoms with Gasteiger partial charge in [0.2, 0.25) is 0 Å². The number of halogens is 3. The molecule has 0 saturated heterocycles. The molecular weight excluding hydrogens is 257 g/mol. The summed E-state index contributed by atoms with van der Waals surface area (Å²) in [5.41, 5.74) is 0. The zero-order valence-corrected chi connectivity index (χ0v) is 10.4. The van der Waals surface area contributed by atoms with Crippen molar-refractivity contribution < 1.29 is 0 Å². The third kappa shape index (κ3) is 3.69. The van der Waals surface area contributed by atoms with Crippen molar-refractivity contribution in [3.8, 4) is 0 Å². The fourth-order valence-corrected chi connectivity index (χ4v) is 8.36. The molecule has 0 saturated carbocycles. The Morgan fingerprint density at radius 3 is 1.70 bits per heavy atom. The normalized spacial score (nSPS) is 17.5. The van der Waals surface area contributed by atoms with Crippen molar-refractivity contribution in [2.45, 2.75) is 24.5 Å². The van der Waals surface area contributed by atoms with Crippen LogP contribution in [0.15, 0.2) is 0 Å². The van der Waals surface area contributed by atoms with E-state index in [1.165, 1.54) is 0 Å². The van der Waals surface area contributed by atoms with Gasteiger partial charge in [-0.3, -0.25) is 0 Å². The van der Waals surface area contributed by atoms with Crippen LogP contribution >= 0.6 is 31.8 Å². The van der Waals surface area contributed by atoms with E-state index in [-0.39, 0.29) is 0 Å². The summed E-state index contributed by atoms with van der Waals surface area (Å²) >= 11 is 3.51. The standard InChI is InChI=1S/C6H13Cl3Se/c1-5(2)6(4-7)10(3,8)9/h5-6H,4H2,1-3H3. The van der Waals surface area contributed by atoms with Crippen LogP contribution in [0.2, 0.25) is 10.6 Å². The van der Waals surface area contributed by atoms with Gasteiger partial charge in [-0.25, -0.2) is 0 Å². The summed E-state index contributed by atoms with van der Waals surface area (Å²) in [5.74, 6) is 3.02. The van der Waals surface area contributed by atoms with Gasteiger partial charge in [0.25, 0.3) is 0 Å². The topological polar surface area (TPSA) is 0 Å². The SMILES string of the molecule is CC(C)C(CCl)[Se](C)(Cl)Cl. The van der Waals surface area contributed by atoms with Crippen molar-refractivity contribution in [3.63, 3.8) is 0 Å². The van der Waals surface area contributed by atoms with Crippen LogP contribution in [0.5, 0.6) is 0 Å². The Balaban J connectivity index is 4.07. The maximum absolute atomic E-state index is 6.03. The quantitative estimate of drug-likeness (QED) is 0.540. The molecule has 10 heavy (non-hydrogen) atoms. The van der Waals surface area contributed by atoms with Crippen molar-refractivity contribution in [1.29, 1.82) is 0 Å². The first-order valence-corrected chi connectivity index (χ1v) is 10.9. The molecule has 0 amide bonds. The second-order valence-corrected chi connectivity index (χ2v) is 15.1. The molecule has 0 aliphatic rings. The van der Waals surface area contributed by atoms with E-state index in [1.807, 2.05) is 5.82 Å². The molecule has 0 aliphatic heterocycles. The van der Waals surface area contributed by atoms with E-state index in [9.17, 15) is 0 Å². The molecule has 4 heteroatoms. The Bertz CT molecular complexity index is 97.7. The van der Waals surface area contributed by atoms with E-state index >= 15 is 0 Å². The van der Waals surface area contributed by atoms with Crippen LogP contribution in [-0.2, 0) is 0 Å². The average molecular weight is 270 g/mol. The predicted molar refractivity (Wildman–Crippen MR) is 52.6 cm³/mol. The molecule has 0 radical (unpaired) electrons. The van der Waals surface area contributed by atoms with E-state index in [2.05, 4.69) is 13.8 Å². The van der Waals surface area contributed by atoms with Crippen LogP contribution in [0.25, 0.3) is 0 Å². The van der Waals surface area contributed by atoms with Crippen LogP contribution in [0.1, 0.15) is 13.8 Å². The Hall–Kier alpha value is 1.39. The van der Waals surface area contributed by atoms with Crippen molar-refractivity contribution in [1.82, 2.24) is 0 Å². The zero-order valence-electron chi connectivity index (χ0n) is 6.40. The Morgan fingerprint density at radius 2 is 1.70 bits per heavy atom. The van der Waals surface area contributed by atoms with Gasteiger partial charge in [0.1, 0.15) is 0 Å². The number of rotatable bonds is 3. The molecule has 0 nitrogen and oxygen atoms in total. The summed E-state index contributed by atoms with van der Waals surface area (Å²) < 4.78 is 0. The molecule has 0 aliphatic carbocycles. The number of alkyl halides is 1. The van der Waals surface area contributed by atoms with E-state index in [1.54, 1.807) is 0 Å². The summed E-state index contributed by atoms with van der Waals surface area (Å²) in [6, 6.07) is 0. The first-order valence-electron chi connectivity index (χ1n) is 3.12. The molecule has 0 rings (SSSR count). The number of hydrogen-bond acceptors (Lipinski definition) is 0. The van der Waals surface area contributed by atoms with Crippen LogP contribution in [0.3, 0.4) is 0 Å². The van der Waals surface area contributed by atoms with Crippen LogP contribution in [-0.4, -0.2) is 16.9 Å². The van der Waals surface area contributed by atoms with Crippen molar-refractivity contribution >= 4 is 42.8 Å². The van der Waals surface area contributed by atoms with Crippen molar-refractivity contribution in [3.05, 3.63) is 0 Å². The maximum atomic E-state index is 6.03. The summed E-state index contributed by atoms with van der Waals surface area (Å²) in [6.45, 7) is 4.21. The molecule has 1 unspecified atom stereocenters. The molecule has 1 atom stereocenters. The van der Waals surface area contributed by atoms with Crippen LogP contribution in [0, 0.1) is 5.92 Å². The van der Waals surface area contributed by atoms with Gasteiger partial charge in [-0.15, -0.1) is 0 Å². The Morgan fingerprint density at radius 1 is 1.30 bits per heavy atom. The molecule has 0 spiro atoms. The summed E-state index contributed by atoms with van der Waals surface area (Å²) in [6.07, 6.45) is 0.